The van der Waals surface area contributed by atoms with E-state index in [1.807, 2.05) is 0 Å². The molecule has 1 saturated heterocycles. The first-order valence-electron chi connectivity index (χ1n) is 12.2. The molecule has 7 nitrogen and oxygen atoms in total. The Balaban J connectivity index is 1.49. The summed E-state index contributed by atoms with van der Waals surface area (Å²) in [5.41, 5.74) is 16.3. The Hall–Kier alpha value is -2.12. The Labute approximate surface area is 191 Å². The lowest BCUT2D eigenvalue weighted by molar-refractivity contribution is -0.104. The molecule has 0 amide bonds. The van der Waals surface area contributed by atoms with Gasteiger partial charge in [-0.15, -0.1) is 0 Å². The highest BCUT2D eigenvalue weighted by Crippen LogP contribution is 2.65. The first kappa shape index (κ1) is 21.7. The van der Waals surface area contributed by atoms with Crippen LogP contribution in [0.5, 0.6) is 0 Å². The number of nitrogens with zero attached hydrogens (tertiary/aromatic N) is 3. The highest BCUT2D eigenvalue weighted by Gasteiger charge is 2.59. The lowest BCUT2D eigenvalue weighted by atomic mass is 9.44. The Bertz CT molecular complexity index is 894. The van der Waals surface area contributed by atoms with Crippen molar-refractivity contribution in [3.05, 3.63) is 23.8 Å². The molecular weight excluding hydrogens is 400 g/mol. The Kier molecular flexibility index (Phi) is 5.66. The topological polar surface area (TPSA) is 115 Å². The van der Waals surface area contributed by atoms with Crippen molar-refractivity contribution < 1.29 is 5.11 Å². The molecule has 5 fully saturated rings. The number of nitrogens with one attached hydrogen (secondary N) is 1. The molecule has 4 bridgehead atoms. The van der Waals surface area contributed by atoms with Crippen LogP contribution in [0.15, 0.2) is 23.2 Å². The van der Waals surface area contributed by atoms with Crippen molar-refractivity contribution in [2.45, 2.75) is 44.1 Å². The maximum absolute atomic E-state index is 10.3. The van der Waals surface area contributed by atoms with Gasteiger partial charge < -0.3 is 31.8 Å². The second-order valence-corrected chi connectivity index (χ2v) is 10.8. The number of aliphatic imine (C=N–C) groups is 1. The predicted octanol–water partition coefficient (Wildman–Crippen LogP) is 2.30. The third-order valence-electron chi connectivity index (χ3n) is 8.81. The van der Waals surface area contributed by atoms with Gasteiger partial charge in [-0.2, -0.15) is 0 Å². The van der Waals surface area contributed by atoms with Crippen LogP contribution >= 0.6 is 0 Å². The summed E-state index contributed by atoms with van der Waals surface area (Å²) in [4.78, 5) is 9.82. The number of rotatable bonds is 6. The van der Waals surface area contributed by atoms with E-state index in [4.69, 9.17) is 21.9 Å². The van der Waals surface area contributed by atoms with E-state index in [0.29, 0.717) is 35.9 Å². The molecule has 1 aromatic carbocycles. The highest BCUT2D eigenvalue weighted by molar-refractivity contribution is 5.91. The first-order chi connectivity index (χ1) is 15.4. The smallest absolute Gasteiger partial charge is 0.0994 e. The summed E-state index contributed by atoms with van der Waals surface area (Å²) >= 11 is 0. The van der Waals surface area contributed by atoms with Crippen molar-refractivity contribution in [3.63, 3.8) is 0 Å². The summed E-state index contributed by atoms with van der Waals surface area (Å²) in [6.45, 7) is 4.52. The van der Waals surface area contributed by atoms with Crippen molar-refractivity contribution >= 4 is 23.4 Å². The molecule has 0 radical (unpaired) electrons. The zero-order valence-electron chi connectivity index (χ0n) is 19.2. The SMILES string of the molecule is CN1CCN(c2ccc(N)c(C3C4CC5CC(CO)(C4)CC3C5N=C(N)CC=N)c2)CC1. The Morgan fingerprint density at radius 3 is 2.69 bits per heavy atom. The minimum Gasteiger partial charge on any atom is -0.398 e. The van der Waals surface area contributed by atoms with Crippen LogP contribution in [0.1, 0.15) is 43.6 Å². The molecule has 4 saturated carbocycles. The zero-order chi connectivity index (χ0) is 22.5. The largest absolute Gasteiger partial charge is 0.398 e. The molecule has 6 rings (SSSR count). The lowest BCUT2D eigenvalue weighted by Gasteiger charge is -2.62. The van der Waals surface area contributed by atoms with Crippen LogP contribution in [-0.4, -0.2) is 67.9 Å². The molecule has 6 unspecified atom stereocenters. The summed E-state index contributed by atoms with van der Waals surface area (Å²) in [7, 11) is 2.18. The van der Waals surface area contributed by atoms with Crippen molar-refractivity contribution in [2.75, 3.05) is 50.5 Å². The van der Waals surface area contributed by atoms with Crippen LogP contribution in [0.25, 0.3) is 0 Å². The van der Waals surface area contributed by atoms with Gasteiger partial charge in [0.05, 0.1) is 11.9 Å². The van der Waals surface area contributed by atoms with Gasteiger partial charge in [-0.25, -0.2) is 0 Å². The molecule has 5 aliphatic rings. The molecule has 6 N–H and O–H groups in total. The molecule has 6 atom stereocenters. The molecular formula is C25H38N6O. The first-order valence-corrected chi connectivity index (χ1v) is 12.2. The Morgan fingerprint density at radius 2 is 1.97 bits per heavy atom. The van der Waals surface area contributed by atoms with Crippen molar-refractivity contribution in [2.24, 2.45) is 33.9 Å². The van der Waals surface area contributed by atoms with Crippen molar-refractivity contribution in [1.29, 1.82) is 5.41 Å². The number of nitrogen functional groups attached to an aromatic ring is 1. The minimum absolute atomic E-state index is 0.0426. The maximum atomic E-state index is 10.3. The number of anilines is 2. The molecule has 7 heteroatoms. The predicted molar refractivity (Wildman–Crippen MR) is 131 cm³/mol. The fourth-order valence-electron chi connectivity index (χ4n) is 7.45. The molecule has 174 valence electrons. The van der Waals surface area contributed by atoms with E-state index in [1.165, 1.54) is 17.5 Å². The normalized spacial score (nSPS) is 37.1. The third kappa shape index (κ3) is 3.69. The Morgan fingerprint density at radius 1 is 1.22 bits per heavy atom. The van der Waals surface area contributed by atoms with Crippen molar-refractivity contribution in [3.8, 4) is 0 Å². The number of piperazine rings is 1. The number of likely N-dealkylation sites (N-methyl/N-ethyl adjacent to an activating group) is 1. The van der Waals surface area contributed by atoms with Crippen LogP contribution in [0.3, 0.4) is 0 Å². The minimum atomic E-state index is 0.0426. The van der Waals surface area contributed by atoms with E-state index < -0.39 is 0 Å². The molecule has 4 aliphatic carbocycles. The molecule has 1 heterocycles. The number of nitrogens with two attached hydrogens (primary N) is 2. The standard InChI is InChI=1S/C25H38N6O/c1-30-6-8-31(9-7-30)18-2-3-21(27)19(11-18)23-16-10-17-13-25(12-16,15-32)14-20(23)24(17)29-22(28)4-5-26/h2-3,5,11,16-17,20,23-24,26,32H,4,6-10,12-15,27H2,1H3,(H2,28,29). The number of amidine groups is 1. The van der Waals surface area contributed by atoms with Gasteiger partial charge in [0.1, 0.15) is 0 Å². The van der Waals surface area contributed by atoms with E-state index in [1.54, 1.807) is 0 Å². The van der Waals surface area contributed by atoms with Gasteiger partial charge >= 0.3 is 0 Å². The van der Waals surface area contributed by atoms with Gasteiger partial charge in [-0.05, 0) is 85.6 Å². The monoisotopic (exact) mass is 438 g/mol. The number of benzene rings is 1. The zero-order valence-corrected chi connectivity index (χ0v) is 19.2. The quantitative estimate of drug-likeness (QED) is 0.309. The van der Waals surface area contributed by atoms with Crippen LogP contribution < -0.4 is 16.4 Å². The number of hydrogen-bond donors (Lipinski definition) is 4. The number of hydrogen-bond acceptors (Lipinski definition) is 6. The van der Waals surface area contributed by atoms with Gasteiger partial charge in [0, 0.05) is 56.8 Å². The summed E-state index contributed by atoms with van der Waals surface area (Å²) in [6, 6.07) is 6.79. The average Bonchev–Trinajstić information content (AvgIpc) is 2.78. The third-order valence-corrected chi connectivity index (χ3v) is 8.81. The summed E-state index contributed by atoms with van der Waals surface area (Å²) < 4.78 is 0. The van der Waals surface area contributed by atoms with E-state index in [9.17, 15) is 5.11 Å². The van der Waals surface area contributed by atoms with Crippen LogP contribution in [-0.2, 0) is 0 Å². The van der Waals surface area contributed by atoms with Gasteiger partial charge in [-0.3, -0.25) is 4.99 Å². The second kappa shape index (κ2) is 8.34. The fourth-order valence-corrected chi connectivity index (χ4v) is 7.45. The van der Waals surface area contributed by atoms with E-state index >= 15 is 0 Å². The van der Waals surface area contributed by atoms with Crippen molar-refractivity contribution in [1.82, 2.24) is 4.90 Å². The van der Waals surface area contributed by atoms with Gasteiger partial charge in [0.15, 0.2) is 0 Å². The lowest BCUT2D eigenvalue weighted by Crippen LogP contribution is -2.57. The summed E-state index contributed by atoms with van der Waals surface area (Å²) in [5, 5.41) is 17.7. The van der Waals surface area contributed by atoms with E-state index in [-0.39, 0.29) is 18.1 Å². The van der Waals surface area contributed by atoms with E-state index in [2.05, 4.69) is 35.0 Å². The molecule has 0 spiro atoms. The maximum Gasteiger partial charge on any atom is 0.0994 e. The summed E-state index contributed by atoms with van der Waals surface area (Å²) in [5.74, 6) is 2.29. The van der Waals surface area contributed by atoms with Gasteiger partial charge in [0.25, 0.3) is 0 Å². The molecule has 32 heavy (non-hydrogen) atoms. The highest BCUT2D eigenvalue weighted by atomic mass is 16.3. The average molecular weight is 439 g/mol. The van der Waals surface area contributed by atoms with Gasteiger partial charge in [-0.1, -0.05) is 0 Å². The fraction of sp³-hybridized carbons (Fsp3) is 0.680. The molecule has 1 aromatic rings. The van der Waals surface area contributed by atoms with Crippen LogP contribution in [0, 0.1) is 28.6 Å². The number of aliphatic hydroxyl groups excluding tert-OH is 1. The van der Waals surface area contributed by atoms with Crippen LogP contribution in [0.2, 0.25) is 0 Å². The number of aliphatic hydroxyl groups is 1. The molecule has 1 aliphatic heterocycles. The van der Waals surface area contributed by atoms with Gasteiger partial charge in [0.2, 0.25) is 0 Å². The van der Waals surface area contributed by atoms with E-state index in [0.717, 1.165) is 57.5 Å². The second-order valence-electron chi connectivity index (χ2n) is 10.8. The van der Waals surface area contributed by atoms with Crippen LogP contribution in [0.4, 0.5) is 11.4 Å². The summed E-state index contributed by atoms with van der Waals surface area (Å²) in [6.07, 6.45) is 6.01. The molecule has 0 aromatic heterocycles.